The fraction of sp³-hybridized carbons (Fsp3) is 0. The second-order valence-corrected chi connectivity index (χ2v) is 4.03. The van der Waals surface area contributed by atoms with Crippen molar-refractivity contribution in [2.75, 3.05) is 0 Å². The second-order valence-electron chi connectivity index (χ2n) is 4.03. The van der Waals surface area contributed by atoms with Crippen LogP contribution in [0.5, 0.6) is 5.75 Å². The Kier molecular flexibility index (Phi) is 4.29. The van der Waals surface area contributed by atoms with Gasteiger partial charge in [-0.1, -0.05) is 42.5 Å². The van der Waals surface area contributed by atoms with Crippen molar-refractivity contribution < 1.29 is 14.3 Å². The number of para-hydroxylation sites is 1. The highest BCUT2D eigenvalue weighted by molar-refractivity contribution is 5.97. The quantitative estimate of drug-likeness (QED) is 0.525. The molecule has 4 nitrogen and oxygen atoms in total. The lowest BCUT2D eigenvalue weighted by Crippen LogP contribution is -2.14. The molecule has 2 N–H and O–H groups in total. The first kappa shape index (κ1) is 13.5. The Morgan fingerprint density at radius 3 is 2.30 bits per heavy atom. The van der Waals surface area contributed by atoms with Gasteiger partial charge in [-0.3, -0.25) is 4.79 Å². The van der Waals surface area contributed by atoms with Crippen molar-refractivity contribution in [2.45, 2.75) is 0 Å². The lowest BCUT2D eigenvalue weighted by molar-refractivity contribution is -0.128. The van der Waals surface area contributed by atoms with Crippen LogP contribution in [0.15, 0.2) is 60.7 Å². The van der Waals surface area contributed by atoms with Crippen LogP contribution in [-0.4, -0.2) is 11.9 Å². The smallest absolute Gasteiger partial charge is 0.336 e. The van der Waals surface area contributed by atoms with Crippen LogP contribution in [0.2, 0.25) is 0 Å². The van der Waals surface area contributed by atoms with Gasteiger partial charge >= 0.3 is 5.97 Å². The summed E-state index contributed by atoms with van der Waals surface area (Å²) < 4.78 is 5.10. The number of amides is 1. The topological polar surface area (TPSA) is 69.4 Å². The zero-order chi connectivity index (χ0) is 14.4. The molecule has 100 valence electrons. The SMILES string of the molecule is NC(=O)c1ccccc1OC(=O)C=Cc1ccccc1. The average Bonchev–Trinajstić information content (AvgIpc) is 2.46. The molecule has 0 radical (unpaired) electrons. The number of nitrogens with two attached hydrogens (primary N) is 1. The highest BCUT2D eigenvalue weighted by Gasteiger charge is 2.10. The normalized spacial score (nSPS) is 10.4. The van der Waals surface area contributed by atoms with Gasteiger partial charge in [-0.25, -0.2) is 4.79 Å². The Hall–Kier alpha value is -2.88. The van der Waals surface area contributed by atoms with Gasteiger partial charge in [0.1, 0.15) is 5.75 Å². The predicted octanol–water partition coefficient (Wildman–Crippen LogP) is 2.40. The Morgan fingerprint density at radius 1 is 0.950 bits per heavy atom. The molecule has 2 rings (SSSR count). The van der Waals surface area contributed by atoms with Gasteiger partial charge in [-0.15, -0.1) is 0 Å². The molecule has 0 bridgehead atoms. The number of carbonyl (C=O) groups excluding carboxylic acids is 2. The molecule has 0 unspecified atom stereocenters. The lowest BCUT2D eigenvalue weighted by atomic mass is 10.2. The first-order valence-electron chi connectivity index (χ1n) is 6.00. The van der Waals surface area contributed by atoms with Gasteiger partial charge < -0.3 is 10.5 Å². The van der Waals surface area contributed by atoms with Crippen molar-refractivity contribution in [3.05, 3.63) is 71.8 Å². The van der Waals surface area contributed by atoms with Crippen LogP contribution >= 0.6 is 0 Å². The third kappa shape index (κ3) is 3.55. The van der Waals surface area contributed by atoms with Gasteiger partial charge in [0.25, 0.3) is 5.91 Å². The molecule has 2 aromatic carbocycles. The van der Waals surface area contributed by atoms with Crippen molar-refractivity contribution in [1.82, 2.24) is 0 Å². The fourth-order valence-corrected chi connectivity index (χ4v) is 1.63. The van der Waals surface area contributed by atoms with E-state index < -0.39 is 11.9 Å². The molecular formula is C16H13NO3. The van der Waals surface area contributed by atoms with Crippen LogP contribution in [-0.2, 0) is 4.79 Å². The Bertz CT molecular complexity index is 648. The highest BCUT2D eigenvalue weighted by Crippen LogP contribution is 2.17. The van der Waals surface area contributed by atoms with Crippen molar-refractivity contribution in [2.24, 2.45) is 5.73 Å². The number of hydrogen-bond acceptors (Lipinski definition) is 3. The zero-order valence-corrected chi connectivity index (χ0v) is 10.7. The van der Waals surface area contributed by atoms with Crippen molar-refractivity contribution in [3.8, 4) is 5.75 Å². The highest BCUT2D eigenvalue weighted by atomic mass is 16.5. The predicted molar refractivity (Wildman–Crippen MR) is 76.1 cm³/mol. The number of carbonyl (C=O) groups is 2. The van der Waals surface area contributed by atoms with Gasteiger partial charge in [-0.05, 0) is 23.8 Å². The third-order valence-electron chi connectivity index (χ3n) is 2.57. The number of rotatable bonds is 4. The lowest BCUT2D eigenvalue weighted by Gasteiger charge is -2.05. The summed E-state index contributed by atoms with van der Waals surface area (Å²) in [6.45, 7) is 0. The Labute approximate surface area is 116 Å². The molecular weight excluding hydrogens is 254 g/mol. The summed E-state index contributed by atoms with van der Waals surface area (Å²) in [5, 5.41) is 0. The van der Waals surface area contributed by atoms with Gasteiger partial charge in [0.15, 0.2) is 0 Å². The molecule has 2 aromatic rings. The van der Waals surface area contributed by atoms with E-state index in [4.69, 9.17) is 10.5 Å². The van der Waals surface area contributed by atoms with E-state index in [0.717, 1.165) is 5.56 Å². The van der Waals surface area contributed by atoms with E-state index in [1.165, 1.54) is 18.2 Å². The number of esters is 1. The summed E-state index contributed by atoms with van der Waals surface area (Å²) in [4.78, 5) is 22.9. The standard InChI is InChI=1S/C16H13NO3/c17-16(19)13-8-4-5-9-14(13)20-15(18)11-10-12-6-2-1-3-7-12/h1-11H,(H2,17,19). The molecule has 4 heteroatoms. The van der Waals surface area contributed by atoms with E-state index in [0.29, 0.717) is 0 Å². The summed E-state index contributed by atoms with van der Waals surface area (Å²) in [6, 6.07) is 15.7. The number of hydrogen-bond donors (Lipinski definition) is 1. The third-order valence-corrected chi connectivity index (χ3v) is 2.57. The number of ether oxygens (including phenoxy) is 1. The molecule has 0 atom stereocenters. The molecule has 0 spiro atoms. The minimum absolute atomic E-state index is 0.155. The number of benzene rings is 2. The van der Waals surface area contributed by atoms with Crippen LogP contribution < -0.4 is 10.5 Å². The minimum Gasteiger partial charge on any atom is -0.423 e. The van der Waals surface area contributed by atoms with E-state index in [-0.39, 0.29) is 11.3 Å². The minimum atomic E-state index is -0.638. The monoisotopic (exact) mass is 267 g/mol. The van der Waals surface area contributed by atoms with Crippen molar-refractivity contribution in [3.63, 3.8) is 0 Å². The molecule has 0 heterocycles. The van der Waals surface area contributed by atoms with Crippen LogP contribution in [0, 0.1) is 0 Å². The maximum absolute atomic E-state index is 11.7. The summed E-state index contributed by atoms with van der Waals surface area (Å²) in [5.41, 5.74) is 6.26. The molecule has 0 aliphatic heterocycles. The molecule has 0 aromatic heterocycles. The first-order chi connectivity index (χ1) is 9.66. The number of primary amides is 1. The second kappa shape index (κ2) is 6.33. The van der Waals surface area contributed by atoms with Gasteiger partial charge in [0, 0.05) is 6.08 Å². The first-order valence-corrected chi connectivity index (χ1v) is 6.00. The Morgan fingerprint density at radius 2 is 1.60 bits per heavy atom. The van der Waals surface area contributed by atoms with Crippen LogP contribution in [0.3, 0.4) is 0 Å². The summed E-state index contributed by atoms with van der Waals surface area (Å²) in [6.07, 6.45) is 2.93. The summed E-state index contributed by atoms with van der Waals surface area (Å²) in [5.74, 6) is -1.05. The van der Waals surface area contributed by atoms with E-state index in [1.54, 1.807) is 18.2 Å². The van der Waals surface area contributed by atoms with E-state index in [2.05, 4.69) is 0 Å². The Balaban J connectivity index is 2.09. The zero-order valence-electron chi connectivity index (χ0n) is 10.7. The molecule has 0 aliphatic carbocycles. The van der Waals surface area contributed by atoms with Gasteiger partial charge in [0.2, 0.25) is 0 Å². The van der Waals surface area contributed by atoms with Gasteiger partial charge in [-0.2, -0.15) is 0 Å². The summed E-state index contributed by atoms with van der Waals surface area (Å²) in [7, 11) is 0. The molecule has 0 fully saturated rings. The van der Waals surface area contributed by atoms with Crippen molar-refractivity contribution in [1.29, 1.82) is 0 Å². The maximum Gasteiger partial charge on any atom is 0.336 e. The summed E-state index contributed by atoms with van der Waals surface area (Å²) >= 11 is 0. The molecule has 0 saturated carbocycles. The molecule has 20 heavy (non-hydrogen) atoms. The van der Waals surface area contributed by atoms with Crippen LogP contribution in [0.1, 0.15) is 15.9 Å². The van der Waals surface area contributed by atoms with Crippen LogP contribution in [0.4, 0.5) is 0 Å². The average molecular weight is 267 g/mol. The molecule has 1 amide bonds. The fourth-order valence-electron chi connectivity index (χ4n) is 1.63. The van der Waals surface area contributed by atoms with Crippen molar-refractivity contribution >= 4 is 18.0 Å². The molecule has 0 saturated heterocycles. The van der Waals surface area contributed by atoms with E-state index in [9.17, 15) is 9.59 Å². The molecule has 0 aliphatic rings. The van der Waals surface area contributed by atoms with E-state index >= 15 is 0 Å². The maximum atomic E-state index is 11.7. The van der Waals surface area contributed by atoms with Crippen LogP contribution in [0.25, 0.3) is 6.08 Å². The van der Waals surface area contributed by atoms with E-state index in [1.807, 2.05) is 30.3 Å². The largest absolute Gasteiger partial charge is 0.423 e. The van der Waals surface area contributed by atoms with Gasteiger partial charge in [0.05, 0.1) is 5.56 Å².